The first kappa shape index (κ1) is 14.0. The Morgan fingerprint density at radius 2 is 1.57 bits per heavy atom. The van der Waals surface area contributed by atoms with E-state index in [0.717, 1.165) is 18.4 Å². The van der Waals surface area contributed by atoms with E-state index in [1.165, 1.54) is 12.8 Å². The number of rotatable bonds is 6. The predicted molar refractivity (Wildman–Crippen MR) is 65.2 cm³/mol. The SMILES string of the molecule is CCC(C)C(C)(C)C(C)CC(C)CN. The van der Waals surface area contributed by atoms with Crippen molar-refractivity contribution in [2.24, 2.45) is 28.9 Å². The van der Waals surface area contributed by atoms with Gasteiger partial charge >= 0.3 is 0 Å². The van der Waals surface area contributed by atoms with Gasteiger partial charge in [-0.3, -0.25) is 0 Å². The molecule has 2 N–H and O–H groups in total. The molecule has 0 aliphatic carbocycles. The fourth-order valence-electron chi connectivity index (χ4n) is 2.02. The first-order valence-corrected chi connectivity index (χ1v) is 6.06. The second-order valence-corrected chi connectivity index (χ2v) is 5.61. The van der Waals surface area contributed by atoms with Gasteiger partial charge in [0.05, 0.1) is 0 Å². The van der Waals surface area contributed by atoms with Crippen molar-refractivity contribution < 1.29 is 0 Å². The minimum atomic E-state index is 0.443. The second-order valence-electron chi connectivity index (χ2n) is 5.61. The molecule has 0 aromatic carbocycles. The van der Waals surface area contributed by atoms with Crippen LogP contribution >= 0.6 is 0 Å². The molecule has 0 spiro atoms. The summed E-state index contributed by atoms with van der Waals surface area (Å²) >= 11 is 0. The van der Waals surface area contributed by atoms with Gasteiger partial charge in [0.1, 0.15) is 0 Å². The van der Waals surface area contributed by atoms with Gasteiger partial charge in [-0.05, 0) is 36.1 Å². The van der Waals surface area contributed by atoms with Gasteiger partial charge in [-0.2, -0.15) is 0 Å². The first-order chi connectivity index (χ1) is 6.36. The monoisotopic (exact) mass is 199 g/mol. The topological polar surface area (TPSA) is 26.0 Å². The summed E-state index contributed by atoms with van der Waals surface area (Å²) in [6, 6.07) is 0. The van der Waals surface area contributed by atoms with Gasteiger partial charge in [0.2, 0.25) is 0 Å². The molecule has 0 fully saturated rings. The fraction of sp³-hybridized carbons (Fsp3) is 1.00. The highest BCUT2D eigenvalue weighted by Gasteiger charge is 2.31. The Kier molecular flexibility index (Phi) is 5.73. The van der Waals surface area contributed by atoms with Gasteiger partial charge in [0.25, 0.3) is 0 Å². The van der Waals surface area contributed by atoms with Crippen LogP contribution < -0.4 is 5.73 Å². The molecule has 0 saturated carbocycles. The summed E-state index contributed by atoms with van der Waals surface area (Å²) in [4.78, 5) is 0. The summed E-state index contributed by atoms with van der Waals surface area (Å²) in [5, 5.41) is 0. The Hall–Kier alpha value is -0.0400. The summed E-state index contributed by atoms with van der Waals surface area (Å²) in [5.41, 5.74) is 6.11. The molecule has 14 heavy (non-hydrogen) atoms. The lowest BCUT2D eigenvalue weighted by Crippen LogP contribution is -2.31. The number of hydrogen-bond donors (Lipinski definition) is 1. The van der Waals surface area contributed by atoms with E-state index in [-0.39, 0.29) is 0 Å². The van der Waals surface area contributed by atoms with Crippen LogP contribution in [0.1, 0.15) is 54.4 Å². The standard InChI is InChI=1S/C13H29N/c1-7-11(3)13(5,6)12(4)8-10(2)9-14/h10-12H,7-9,14H2,1-6H3. The summed E-state index contributed by atoms with van der Waals surface area (Å²) < 4.78 is 0. The molecule has 1 heteroatoms. The zero-order valence-corrected chi connectivity index (χ0v) is 10.9. The molecular formula is C13H29N. The van der Waals surface area contributed by atoms with Crippen molar-refractivity contribution in [1.29, 1.82) is 0 Å². The second kappa shape index (κ2) is 5.75. The van der Waals surface area contributed by atoms with Crippen molar-refractivity contribution in [1.82, 2.24) is 0 Å². The van der Waals surface area contributed by atoms with E-state index in [1.54, 1.807) is 0 Å². The van der Waals surface area contributed by atoms with Crippen molar-refractivity contribution in [3.05, 3.63) is 0 Å². The molecule has 0 aromatic rings. The van der Waals surface area contributed by atoms with Crippen molar-refractivity contribution in [3.63, 3.8) is 0 Å². The third-order valence-corrected chi connectivity index (χ3v) is 4.31. The number of nitrogens with two attached hydrogens (primary N) is 1. The van der Waals surface area contributed by atoms with Crippen LogP contribution in [0.4, 0.5) is 0 Å². The molecule has 3 atom stereocenters. The summed E-state index contributed by atoms with van der Waals surface area (Å²) in [5.74, 6) is 2.21. The van der Waals surface area contributed by atoms with Crippen LogP contribution in [0.3, 0.4) is 0 Å². The maximum Gasteiger partial charge on any atom is -0.00514 e. The molecule has 3 unspecified atom stereocenters. The van der Waals surface area contributed by atoms with E-state index in [9.17, 15) is 0 Å². The predicted octanol–water partition coefficient (Wildman–Crippen LogP) is 3.68. The van der Waals surface area contributed by atoms with Gasteiger partial charge in [0.15, 0.2) is 0 Å². The maximum absolute atomic E-state index is 5.67. The van der Waals surface area contributed by atoms with E-state index in [2.05, 4.69) is 41.5 Å². The van der Waals surface area contributed by atoms with E-state index in [4.69, 9.17) is 5.73 Å². The van der Waals surface area contributed by atoms with Crippen molar-refractivity contribution in [2.45, 2.75) is 54.4 Å². The Bertz CT molecular complexity index is 151. The molecule has 0 amide bonds. The van der Waals surface area contributed by atoms with Crippen LogP contribution in [-0.4, -0.2) is 6.54 Å². The van der Waals surface area contributed by atoms with Gasteiger partial charge < -0.3 is 5.73 Å². The summed E-state index contributed by atoms with van der Waals surface area (Å²) in [7, 11) is 0. The third-order valence-electron chi connectivity index (χ3n) is 4.31. The minimum Gasteiger partial charge on any atom is -0.330 e. The molecule has 0 rings (SSSR count). The summed E-state index contributed by atoms with van der Waals surface area (Å²) in [6.45, 7) is 14.9. The molecular weight excluding hydrogens is 170 g/mol. The minimum absolute atomic E-state index is 0.443. The molecule has 0 saturated heterocycles. The Morgan fingerprint density at radius 3 is 1.93 bits per heavy atom. The fourth-order valence-corrected chi connectivity index (χ4v) is 2.02. The Balaban J connectivity index is 4.27. The molecule has 1 nitrogen and oxygen atoms in total. The average molecular weight is 199 g/mol. The molecule has 0 bridgehead atoms. The van der Waals surface area contributed by atoms with Crippen LogP contribution in [0.25, 0.3) is 0 Å². The van der Waals surface area contributed by atoms with Gasteiger partial charge in [0, 0.05) is 0 Å². The van der Waals surface area contributed by atoms with E-state index in [1.807, 2.05) is 0 Å². The summed E-state index contributed by atoms with van der Waals surface area (Å²) in [6.07, 6.45) is 2.53. The smallest absolute Gasteiger partial charge is 0.00514 e. The highest BCUT2D eigenvalue weighted by Crippen LogP contribution is 2.39. The molecule has 0 aromatic heterocycles. The zero-order chi connectivity index (χ0) is 11.4. The molecule has 0 aliphatic rings. The molecule has 0 radical (unpaired) electrons. The van der Waals surface area contributed by atoms with Crippen molar-refractivity contribution in [3.8, 4) is 0 Å². The zero-order valence-electron chi connectivity index (χ0n) is 10.9. The third kappa shape index (κ3) is 3.61. The average Bonchev–Trinajstić information content (AvgIpc) is 2.15. The van der Waals surface area contributed by atoms with Crippen LogP contribution in [0.2, 0.25) is 0 Å². The van der Waals surface area contributed by atoms with Crippen LogP contribution in [-0.2, 0) is 0 Å². The van der Waals surface area contributed by atoms with Gasteiger partial charge in [-0.15, -0.1) is 0 Å². The normalized spacial score (nSPS) is 19.1. The highest BCUT2D eigenvalue weighted by molar-refractivity contribution is 4.81. The molecule has 0 aliphatic heterocycles. The van der Waals surface area contributed by atoms with Crippen LogP contribution in [0, 0.1) is 23.2 Å². The molecule has 86 valence electrons. The lowest BCUT2D eigenvalue weighted by atomic mass is 9.67. The quantitative estimate of drug-likeness (QED) is 0.694. The van der Waals surface area contributed by atoms with Crippen molar-refractivity contribution >= 4 is 0 Å². The van der Waals surface area contributed by atoms with E-state index >= 15 is 0 Å². The Labute approximate surface area is 90.5 Å². The van der Waals surface area contributed by atoms with Crippen LogP contribution in [0.5, 0.6) is 0 Å². The van der Waals surface area contributed by atoms with Crippen molar-refractivity contribution in [2.75, 3.05) is 6.54 Å². The first-order valence-electron chi connectivity index (χ1n) is 6.06. The van der Waals surface area contributed by atoms with Crippen LogP contribution in [0.15, 0.2) is 0 Å². The number of hydrogen-bond acceptors (Lipinski definition) is 1. The van der Waals surface area contributed by atoms with Gasteiger partial charge in [-0.1, -0.05) is 48.0 Å². The van der Waals surface area contributed by atoms with Gasteiger partial charge in [-0.25, -0.2) is 0 Å². The highest BCUT2D eigenvalue weighted by atomic mass is 14.5. The maximum atomic E-state index is 5.67. The van der Waals surface area contributed by atoms with E-state index in [0.29, 0.717) is 11.3 Å². The van der Waals surface area contributed by atoms with E-state index < -0.39 is 0 Å². The lowest BCUT2D eigenvalue weighted by Gasteiger charge is -2.38. The molecule has 0 heterocycles. The lowest BCUT2D eigenvalue weighted by molar-refractivity contribution is 0.116. The largest absolute Gasteiger partial charge is 0.330 e. The Morgan fingerprint density at radius 1 is 1.07 bits per heavy atom.